The van der Waals surface area contributed by atoms with Crippen LogP contribution in [0.3, 0.4) is 0 Å². The zero-order valence-electron chi connectivity index (χ0n) is 29.2. The van der Waals surface area contributed by atoms with Crippen LogP contribution >= 0.6 is 0 Å². The molecule has 0 saturated carbocycles. The summed E-state index contributed by atoms with van der Waals surface area (Å²) in [5.74, 6) is -2.82. The molecule has 49 heavy (non-hydrogen) atoms. The second kappa shape index (κ2) is 18.0. The Kier molecular flexibility index (Phi) is 14.1. The maximum absolute atomic E-state index is 14.6. The number of primary amides is 1. The van der Waals surface area contributed by atoms with Crippen LogP contribution in [0, 0.1) is 5.92 Å². The molecule has 0 radical (unpaired) electrons. The fourth-order valence-corrected chi connectivity index (χ4v) is 5.50. The Morgan fingerprint density at radius 1 is 0.735 bits per heavy atom. The van der Waals surface area contributed by atoms with Gasteiger partial charge in [0.15, 0.2) is 11.3 Å². The normalized spacial score (nSPS) is 13.8. The molecule has 0 spiro atoms. The number of aryl methyl sites for hydroxylation is 1. The van der Waals surface area contributed by atoms with E-state index in [1.807, 2.05) is 80.6 Å². The predicted octanol–water partition coefficient (Wildman–Crippen LogP) is 4.83. The van der Waals surface area contributed by atoms with Crippen molar-refractivity contribution in [2.45, 2.75) is 96.4 Å². The number of nitrogens with one attached hydrogen (secondary N) is 3. The number of alkyl carbamates (subject to hydrolysis) is 1. The second-order valence-electron chi connectivity index (χ2n) is 13.8. The number of nitrogens with two attached hydrogens (primary N) is 1. The van der Waals surface area contributed by atoms with Crippen LogP contribution < -0.4 is 21.7 Å². The molecule has 0 aliphatic heterocycles. The topological polar surface area (TPSA) is 157 Å². The van der Waals surface area contributed by atoms with Crippen LogP contribution in [0.15, 0.2) is 91.0 Å². The summed E-state index contributed by atoms with van der Waals surface area (Å²) in [5.41, 5.74) is 5.08. The molecule has 3 atom stereocenters. The summed E-state index contributed by atoms with van der Waals surface area (Å²) in [6.45, 7) is 8.81. The van der Waals surface area contributed by atoms with Crippen molar-refractivity contribution in [1.82, 2.24) is 16.0 Å². The monoisotopic (exact) mass is 670 g/mol. The lowest BCUT2D eigenvalue weighted by Gasteiger charge is -2.35. The van der Waals surface area contributed by atoms with Gasteiger partial charge in [0.05, 0.1) is 0 Å². The van der Waals surface area contributed by atoms with E-state index in [0.29, 0.717) is 18.4 Å². The van der Waals surface area contributed by atoms with Crippen molar-refractivity contribution in [2.24, 2.45) is 11.7 Å². The fraction of sp³-hybridized carbons (Fsp3) is 0.410. The lowest BCUT2D eigenvalue weighted by atomic mass is 9.82. The number of hydrogen-bond acceptors (Lipinski definition) is 6. The van der Waals surface area contributed by atoms with Crippen LogP contribution in [0.2, 0.25) is 0 Å². The molecule has 10 nitrogen and oxygen atoms in total. The molecule has 0 fully saturated rings. The first kappa shape index (κ1) is 38.5. The maximum atomic E-state index is 14.6. The number of rotatable bonds is 17. The number of carbonyl (C=O) groups is 5. The zero-order valence-corrected chi connectivity index (χ0v) is 29.2. The van der Waals surface area contributed by atoms with Gasteiger partial charge in [0.2, 0.25) is 11.8 Å². The molecule has 0 heterocycles. The molecule has 3 aromatic carbocycles. The number of benzene rings is 3. The number of ketones is 1. The number of Topliss-reactive ketones (excluding diaryl/α,β-unsaturated/α-hetero) is 1. The summed E-state index contributed by atoms with van der Waals surface area (Å²) >= 11 is 0. The standard InChI is InChI=1S/C39H50N4O6/c1-27(2)24-32(35(46)41-31(34(40)45)25-29-18-11-7-12-19-29)42-36(47)39(26-30-20-13-8-14-21-30,43-37(48)49-38(3,4)5)33(44)23-15-22-28-16-9-6-10-17-28/h6-14,16-21,27,31-32H,15,22-26H2,1-5H3,(H2,40,45)(H,41,46)(H,42,47)(H,43,48)/t31-,32?,39-/m0/s1. The summed E-state index contributed by atoms with van der Waals surface area (Å²) in [5, 5.41) is 8.13. The molecule has 4 amide bonds. The van der Waals surface area contributed by atoms with E-state index in [4.69, 9.17) is 10.5 Å². The Hall–Kier alpha value is -4.99. The fourth-order valence-electron chi connectivity index (χ4n) is 5.50. The summed E-state index contributed by atoms with van der Waals surface area (Å²) in [4.78, 5) is 68.5. The number of hydrogen-bond donors (Lipinski definition) is 4. The quantitative estimate of drug-likeness (QED) is 0.151. The second-order valence-corrected chi connectivity index (χ2v) is 13.8. The van der Waals surface area contributed by atoms with Crippen LogP contribution in [0.1, 0.15) is 70.6 Å². The number of carbonyl (C=O) groups excluding carboxylic acids is 5. The average Bonchev–Trinajstić information content (AvgIpc) is 3.04. The third kappa shape index (κ3) is 12.5. The lowest BCUT2D eigenvalue weighted by Crippen LogP contribution is -2.67. The molecule has 0 aromatic heterocycles. The Bertz CT molecular complexity index is 1540. The Balaban J connectivity index is 1.99. The SMILES string of the molecule is CC(C)CC(NC(=O)[C@@](Cc1ccccc1)(NC(=O)OC(C)(C)C)C(=O)CCCc1ccccc1)C(=O)N[C@@H](Cc1ccccc1)C(N)=O. The third-order valence-electron chi connectivity index (χ3n) is 7.87. The van der Waals surface area contributed by atoms with Gasteiger partial charge in [0.1, 0.15) is 17.7 Å². The highest BCUT2D eigenvalue weighted by molar-refractivity contribution is 6.13. The molecule has 0 aliphatic carbocycles. The maximum Gasteiger partial charge on any atom is 0.408 e. The molecule has 262 valence electrons. The van der Waals surface area contributed by atoms with Crippen molar-refractivity contribution >= 4 is 29.6 Å². The molecule has 0 aliphatic rings. The van der Waals surface area contributed by atoms with Crippen LogP contribution in [-0.4, -0.2) is 52.8 Å². The van der Waals surface area contributed by atoms with Crippen LogP contribution in [-0.2, 0) is 43.2 Å². The van der Waals surface area contributed by atoms with Gasteiger partial charge in [0, 0.05) is 19.3 Å². The van der Waals surface area contributed by atoms with Crippen molar-refractivity contribution in [2.75, 3.05) is 0 Å². The summed E-state index contributed by atoms with van der Waals surface area (Å²) in [6.07, 6.45) is 0.169. The Morgan fingerprint density at radius 3 is 1.78 bits per heavy atom. The summed E-state index contributed by atoms with van der Waals surface area (Å²) in [7, 11) is 0. The largest absolute Gasteiger partial charge is 0.444 e. The highest BCUT2D eigenvalue weighted by Gasteiger charge is 2.48. The van der Waals surface area contributed by atoms with Gasteiger partial charge in [-0.15, -0.1) is 0 Å². The average molecular weight is 671 g/mol. The van der Waals surface area contributed by atoms with Crippen molar-refractivity contribution < 1.29 is 28.7 Å². The van der Waals surface area contributed by atoms with E-state index in [0.717, 1.165) is 11.1 Å². The van der Waals surface area contributed by atoms with Crippen LogP contribution in [0.5, 0.6) is 0 Å². The van der Waals surface area contributed by atoms with E-state index in [1.54, 1.807) is 45.0 Å². The van der Waals surface area contributed by atoms with Gasteiger partial charge in [-0.05, 0) is 62.6 Å². The first-order valence-electron chi connectivity index (χ1n) is 16.8. The zero-order chi connectivity index (χ0) is 36.0. The Morgan fingerprint density at radius 2 is 1.27 bits per heavy atom. The van der Waals surface area contributed by atoms with Crippen molar-refractivity contribution in [3.05, 3.63) is 108 Å². The first-order chi connectivity index (χ1) is 23.2. The molecule has 0 saturated heterocycles. The summed E-state index contributed by atoms with van der Waals surface area (Å²) < 4.78 is 5.54. The minimum atomic E-state index is -2.12. The van der Waals surface area contributed by atoms with E-state index in [1.165, 1.54) is 0 Å². The van der Waals surface area contributed by atoms with Gasteiger partial charge >= 0.3 is 6.09 Å². The molecule has 0 bridgehead atoms. The van der Waals surface area contributed by atoms with Gasteiger partial charge in [-0.2, -0.15) is 0 Å². The van der Waals surface area contributed by atoms with E-state index >= 15 is 0 Å². The lowest BCUT2D eigenvalue weighted by molar-refractivity contribution is -0.140. The van der Waals surface area contributed by atoms with Gasteiger partial charge in [-0.25, -0.2) is 4.79 Å². The van der Waals surface area contributed by atoms with E-state index in [9.17, 15) is 24.0 Å². The predicted molar refractivity (Wildman–Crippen MR) is 189 cm³/mol. The molecule has 10 heteroatoms. The van der Waals surface area contributed by atoms with E-state index in [-0.39, 0.29) is 31.6 Å². The smallest absolute Gasteiger partial charge is 0.408 e. The molecular weight excluding hydrogens is 620 g/mol. The first-order valence-corrected chi connectivity index (χ1v) is 16.8. The molecule has 5 N–H and O–H groups in total. The molecule has 3 rings (SSSR count). The molecule has 3 aromatic rings. The minimum Gasteiger partial charge on any atom is -0.444 e. The summed E-state index contributed by atoms with van der Waals surface area (Å²) in [6, 6.07) is 25.4. The van der Waals surface area contributed by atoms with E-state index in [2.05, 4.69) is 16.0 Å². The molecular formula is C39H50N4O6. The molecule has 1 unspecified atom stereocenters. The number of amides is 4. The van der Waals surface area contributed by atoms with E-state index < -0.39 is 52.8 Å². The Labute approximate surface area is 289 Å². The highest BCUT2D eigenvalue weighted by Crippen LogP contribution is 2.22. The van der Waals surface area contributed by atoms with Crippen molar-refractivity contribution in [3.63, 3.8) is 0 Å². The van der Waals surface area contributed by atoms with Crippen LogP contribution in [0.4, 0.5) is 4.79 Å². The van der Waals surface area contributed by atoms with Gasteiger partial charge in [-0.1, -0.05) is 105 Å². The van der Waals surface area contributed by atoms with Gasteiger partial charge in [0.25, 0.3) is 5.91 Å². The number of ether oxygens (including phenoxy) is 1. The van der Waals surface area contributed by atoms with Crippen molar-refractivity contribution in [3.8, 4) is 0 Å². The third-order valence-corrected chi connectivity index (χ3v) is 7.87. The van der Waals surface area contributed by atoms with Crippen molar-refractivity contribution in [1.29, 1.82) is 0 Å². The minimum absolute atomic E-state index is 0.0349. The van der Waals surface area contributed by atoms with Crippen LogP contribution in [0.25, 0.3) is 0 Å². The highest BCUT2D eigenvalue weighted by atomic mass is 16.6. The van der Waals surface area contributed by atoms with Gasteiger partial charge < -0.3 is 26.4 Å². The van der Waals surface area contributed by atoms with Gasteiger partial charge in [-0.3, -0.25) is 19.2 Å².